The van der Waals surface area contributed by atoms with Crippen molar-refractivity contribution in [1.82, 2.24) is 5.32 Å². The van der Waals surface area contributed by atoms with E-state index in [1.54, 1.807) is 0 Å². The summed E-state index contributed by atoms with van der Waals surface area (Å²) < 4.78 is 0. The monoisotopic (exact) mass is 247 g/mol. The molecule has 1 aromatic rings. The van der Waals surface area contributed by atoms with Crippen molar-refractivity contribution in [3.8, 4) is 0 Å². The topological polar surface area (TPSA) is 70.6 Å². The highest BCUT2D eigenvalue weighted by Crippen LogP contribution is 2.20. The molecule has 4 N–H and O–H groups in total. The molecule has 0 saturated carbocycles. The zero-order valence-electron chi connectivity index (χ0n) is 10.6. The lowest BCUT2D eigenvalue weighted by molar-refractivity contribution is 0.316. The molecule has 0 fully saturated rings. The number of fused-ring (bicyclic) bond motifs is 1. The van der Waals surface area contributed by atoms with Gasteiger partial charge in [0.2, 0.25) is 0 Å². The molecule has 1 unspecified atom stereocenters. The first kappa shape index (κ1) is 12.9. The van der Waals surface area contributed by atoms with Gasteiger partial charge in [0.05, 0.1) is 0 Å². The third-order valence-electron chi connectivity index (χ3n) is 3.52. The summed E-state index contributed by atoms with van der Waals surface area (Å²) in [6.07, 6.45) is 5.02. The lowest BCUT2D eigenvalue weighted by Crippen LogP contribution is -2.35. The van der Waals surface area contributed by atoms with Gasteiger partial charge in [0.25, 0.3) is 0 Å². The van der Waals surface area contributed by atoms with Crippen LogP contribution >= 0.6 is 0 Å². The van der Waals surface area contributed by atoms with Crippen molar-refractivity contribution in [2.45, 2.75) is 38.1 Å². The van der Waals surface area contributed by atoms with Crippen LogP contribution in [0.1, 0.15) is 30.4 Å². The number of hydrogen-bond acceptors (Lipinski definition) is 3. The summed E-state index contributed by atoms with van der Waals surface area (Å²) in [4.78, 5) is 0. The first-order valence-corrected chi connectivity index (χ1v) is 6.56. The molecule has 4 nitrogen and oxygen atoms in total. The number of amidine groups is 1. The van der Waals surface area contributed by atoms with Gasteiger partial charge in [-0.1, -0.05) is 29.4 Å². The van der Waals surface area contributed by atoms with E-state index in [9.17, 15) is 0 Å². The Labute approximate surface area is 108 Å². The molecule has 0 heterocycles. The van der Waals surface area contributed by atoms with E-state index >= 15 is 0 Å². The maximum absolute atomic E-state index is 8.43. The number of hydrogen-bond donors (Lipinski definition) is 3. The van der Waals surface area contributed by atoms with Crippen LogP contribution in [-0.4, -0.2) is 23.6 Å². The Morgan fingerprint density at radius 2 is 2.17 bits per heavy atom. The number of nitrogens with one attached hydrogen (secondary N) is 1. The van der Waals surface area contributed by atoms with E-state index in [4.69, 9.17) is 10.9 Å². The smallest absolute Gasteiger partial charge is 0.139 e. The molecule has 0 bridgehead atoms. The fourth-order valence-corrected chi connectivity index (χ4v) is 2.50. The Hall–Kier alpha value is -1.55. The molecule has 0 saturated heterocycles. The Morgan fingerprint density at radius 3 is 2.94 bits per heavy atom. The van der Waals surface area contributed by atoms with E-state index < -0.39 is 0 Å². The second-order valence-electron chi connectivity index (χ2n) is 4.86. The molecule has 98 valence electrons. The predicted molar refractivity (Wildman–Crippen MR) is 72.9 cm³/mol. The maximum atomic E-state index is 8.43. The molecule has 2 rings (SSSR count). The van der Waals surface area contributed by atoms with E-state index in [2.05, 4.69) is 34.7 Å². The molecular formula is C14H21N3O. The molecule has 1 atom stereocenters. The van der Waals surface area contributed by atoms with Crippen LogP contribution in [0, 0.1) is 0 Å². The number of rotatable bonds is 5. The van der Waals surface area contributed by atoms with Crippen molar-refractivity contribution < 1.29 is 5.21 Å². The average Bonchev–Trinajstić information content (AvgIpc) is 2.43. The molecule has 0 amide bonds. The standard InChI is InChI=1S/C14H21N3O/c15-14(17-18)6-3-9-16-13-8-7-11-4-1-2-5-12(11)10-13/h1-2,4-5,13,16,18H,3,6-10H2,(H2,15,17). The highest BCUT2D eigenvalue weighted by Gasteiger charge is 2.17. The van der Waals surface area contributed by atoms with Crippen molar-refractivity contribution in [1.29, 1.82) is 0 Å². The lowest BCUT2D eigenvalue weighted by Gasteiger charge is -2.25. The number of oxime groups is 1. The van der Waals surface area contributed by atoms with Crippen LogP contribution in [0.5, 0.6) is 0 Å². The van der Waals surface area contributed by atoms with Crippen LogP contribution < -0.4 is 11.1 Å². The van der Waals surface area contributed by atoms with Crippen LogP contribution in [0.2, 0.25) is 0 Å². The second-order valence-corrected chi connectivity index (χ2v) is 4.86. The maximum Gasteiger partial charge on any atom is 0.139 e. The molecule has 18 heavy (non-hydrogen) atoms. The molecular weight excluding hydrogens is 226 g/mol. The van der Waals surface area contributed by atoms with E-state index in [1.807, 2.05) is 0 Å². The summed E-state index contributed by atoms with van der Waals surface area (Å²) in [6.45, 7) is 0.920. The fraction of sp³-hybridized carbons (Fsp3) is 0.500. The molecule has 0 aliphatic heterocycles. The molecule has 4 heteroatoms. The third-order valence-corrected chi connectivity index (χ3v) is 3.52. The molecule has 0 radical (unpaired) electrons. The predicted octanol–water partition coefficient (Wildman–Crippen LogP) is 1.66. The summed E-state index contributed by atoms with van der Waals surface area (Å²) in [5.41, 5.74) is 8.39. The minimum atomic E-state index is 0.311. The Balaban J connectivity index is 1.73. The number of nitrogens with two attached hydrogens (primary N) is 1. The van der Waals surface area contributed by atoms with Crippen LogP contribution in [0.15, 0.2) is 29.4 Å². The quantitative estimate of drug-likeness (QED) is 0.244. The molecule has 1 aromatic carbocycles. The summed E-state index contributed by atoms with van der Waals surface area (Å²) in [5.74, 6) is 0.311. The van der Waals surface area contributed by atoms with Gasteiger partial charge in [0.15, 0.2) is 0 Å². The normalized spacial score (nSPS) is 19.6. The van der Waals surface area contributed by atoms with Gasteiger partial charge in [0.1, 0.15) is 5.84 Å². The number of aryl methyl sites for hydroxylation is 1. The first-order chi connectivity index (χ1) is 8.79. The minimum Gasteiger partial charge on any atom is -0.409 e. The van der Waals surface area contributed by atoms with E-state index in [-0.39, 0.29) is 0 Å². The molecule has 0 aromatic heterocycles. The number of benzene rings is 1. The van der Waals surface area contributed by atoms with E-state index in [0.29, 0.717) is 18.3 Å². The van der Waals surface area contributed by atoms with Crippen molar-refractivity contribution >= 4 is 5.84 Å². The van der Waals surface area contributed by atoms with Gasteiger partial charge in [0, 0.05) is 12.5 Å². The third kappa shape index (κ3) is 3.47. The zero-order chi connectivity index (χ0) is 12.8. The van der Waals surface area contributed by atoms with Crippen LogP contribution in [0.25, 0.3) is 0 Å². The molecule has 1 aliphatic carbocycles. The first-order valence-electron chi connectivity index (χ1n) is 6.56. The minimum absolute atomic E-state index is 0.311. The van der Waals surface area contributed by atoms with Gasteiger partial charge in [-0.25, -0.2) is 0 Å². The largest absolute Gasteiger partial charge is 0.409 e. The van der Waals surface area contributed by atoms with Crippen LogP contribution in [0.4, 0.5) is 0 Å². The van der Waals surface area contributed by atoms with Gasteiger partial charge in [-0.3, -0.25) is 0 Å². The zero-order valence-corrected chi connectivity index (χ0v) is 10.6. The molecule has 1 aliphatic rings. The summed E-state index contributed by atoms with van der Waals surface area (Å²) in [5, 5.41) is 15.0. The summed E-state index contributed by atoms with van der Waals surface area (Å²) in [7, 11) is 0. The SMILES string of the molecule is NC(CCCNC1CCc2ccccc2C1)=NO. The van der Waals surface area contributed by atoms with Gasteiger partial charge >= 0.3 is 0 Å². The van der Waals surface area contributed by atoms with Crippen molar-refractivity contribution in [2.24, 2.45) is 10.9 Å². The van der Waals surface area contributed by atoms with Crippen LogP contribution in [-0.2, 0) is 12.8 Å². The van der Waals surface area contributed by atoms with Gasteiger partial charge in [-0.15, -0.1) is 0 Å². The van der Waals surface area contributed by atoms with Crippen molar-refractivity contribution in [3.05, 3.63) is 35.4 Å². The molecule has 0 spiro atoms. The Kier molecular flexibility index (Phi) is 4.59. The van der Waals surface area contributed by atoms with Crippen molar-refractivity contribution in [2.75, 3.05) is 6.54 Å². The van der Waals surface area contributed by atoms with Gasteiger partial charge in [-0.05, 0) is 43.4 Å². The van der Waals surface area contributed by atoms with E-state index in [0.717, 1.165) is 25.8 Å². The Morgan fingerprint density at radius 1 is 1.39 bits per heavy atom. The van der Waals surface area contributed by atoms with Gasteiger partial charge < -0.3 is 16.3 Å². The highest BCUT2D eigenvalue weighted by molar-refractivity contribution is 5.79. The van der Waals surface area contributed by atoms with Crippen molar-refractivity contribution in [3.63, 3.8) is 0 Å². The number of nitrogens with zero attached hydrogens (tertiary/aromatic N) is 1. The Bertz CT molecular complexity index is 417. The second kappa shape index (κ2) is 6.40. The summed E-state index contributed by atoms with van der Waals surface area (Å²) >= 11 is 0. The highest BCUT2D eigenvalue weighted by atomic mass is 16.4. The lowest BCUT2D eigenvalue weighted by atomic mass is 9.88. The fourth-order valence-electron chi connectivity index (χ4n) is 2.50. The van der Waals surface area contributed by atoms with E-state index in [1.165, 1.54) is 17.5 Å². The van der Waals surface area contributed by atoms with Gasteiger partial charge in [-0.2, -0.15) is 0 Å². The van der Waals surface area contributed by atoms with Crippen LogP contribution in [0.3, 0.4) is 0 Å². The average molecular weight is 247 g/mol. The summed E-state index contributed by atoms with van der Waals surface area (Å²) in [6, 6.07) is 9.24.